The van der Waals surface area contributed by atoms with Gasteiger partial charge in [0.05, 0.1) is 6.61 Å². The van der Waals surface area contributed by atoms with Crippen molar-refractivity contribution >= 4 is 22.1 Å². The van der Waals surface area contributed by atoms with Crippen molar-refractivity contribution in [2.24, 2.45) is 0 Å². The van der Waals surface area contributed by atoms with E-state index in [0.29, 0.717) is 28.8 Å². The zero-order valence-corrected chi connectivity index (χ0v) is 16.4. The molecule has 0 fully saturated rings. The van der Waals surface area contributed by atoms with Crippen molar-refractivity contribution in [1.29, 1.82) is 0 Å². The molecule has 1 unspecified atom stereocenters. The minimum Gasteiger partial charge on any atom is -0.464 e. The highest BCUT2D eigenvalue weighted by Crippen LogP contribution is 3.02. The summed E-state index contributed by atoms with van der Waals surface area (Å²) in [7, 11) is -9.70. The molecule has 0 aliphatic carbocycles. The Labute approximate surface area is 164 Å². The zero-order chi connectivity index (χ0) is 21.9. The van der Waals surface area contributed by atoms with Gasteiger partial charge in [-0.3, -0.25) is 4.79 Å². The molecule has 160 valence electrons. The van der Waals surface area contributed by atoms with Crippen LogP contribution in [0.2, 0.25) is 0 Å². The summed E-state index contributed by atoms with van der Waals surface area (Å²) in [5, 5.41) is 2.50. The Morgan fingerprint density at radius 3 is 1.83 bits per heavy atom. The molecule has 0 aliphatic heterocycles. The number of carbonyl (C=O) groups is 2. The molecule has 1 atom stereocenters. The normalized spacial score (nSPS) is 15.0. The number of amides is 1. The monoisotopic (exact) mass is 437 g/mol. The standard InChI is InChI=1S/C19H20F5NO3S/c1-3-28-19(27)18(25-13(2)26)12-14-4-6-15(7-5-14)16-8-10-17(11-9-16)29(20,21,22,23)24/h4-11,18H,3,12H2,1-2H3,(H,25,26). The van der Waals surface area contributed by atoms with E-state index in [1.807, 2.05) is 0 Å². The second-order valence-corrected chi connectivity index (χ2v) is 8.81. The van der Waals surface area contributed by atoms with Crippen LogP contribution in [0.1, 0.15) is 19.4 Å². The van der Waals surface area contributed by atoms with Gasteiger partial charge in [0.1, 0.15) is 10.9 Å². The number of esters is 1. The zero-order valence-electron chi connectivity index (χ0n) is 15.6. The molecular weight excluding hydrogens is 417 g/mol. The van der Waals surface area contributed by atoms with E-state index in [2.05, 4.69) is 5.32 Å². The first-order chi connectivity index (χ1) is 13.2. The molecule has 0 aromatic heterocycles. The predicted molar refractivity (Wildman–Crippen MR) is 101 cm³/mol. The fourth-order valence-electron chi connectivity index (χ4n) is 2.66. The molecule has 29 heavy (non-hydrogen) atoms. The van der Waals surface area contributed by atoms with Crippen molar-refractivity contribution < 1.29 is 33.8 Å². The van der Waals surface area contributed by atoms with E-state index in [4.69, 9.17) is 4.74 Å². The van der Waals surface area contributed by atoms with E-state index in [1.165, 1.54) is 6.92 Å². The lowest BCUT2D eigenvalue weighted by molar-refractivity contribution is -0.147. The van der Waals surface area contributed by atoms with Crippen molar-refractivity contribution in [3.05, 3.63) is 54.1 Å². The molecule has 0 heterocycles. The highest BCUT2D eigenvalue weighted by atomic mass is 32.5. The molecule has 10 heteroatoms. The lowest BCUT2D eigenvalue weighted by Crippen LogP contribution is -2.42. The molecule has 1 amide bonds. The van der Waals surface area contributed by atoms with Gasteiger partial charge in [-0.15, -0.1) is 0 Å². The number of rotatable bonds is 7. The largest absolute Gasteiger partial charge is 0.464 e. The molecule has 0 aliphatic rings. The third kappa shape index (κ3) is 6.45. The number of carbonyl (C=O) groups excluding carboxylic acids is 2. The summed E-state index contributed by atoms with van der Waals surface area (Å²) in [5.74, 6) is -0.984. The fourth-order valence-corrected chi connectivity index (χ4v) is 3.31. The average molecular weight is 437 g/mol. The first kappa shape index (κ1) is 22.7. The van der Waals surface area contributed by atoms with Crippen LogP contribution >= 0.6 is 10.2 Å². The quantitative estimate of drug-likeness (QED) is 0.452. The summed E-state index contributed by atoms with van der Waals surface area (Å²) in [5.41, 5.74) is 1.50. The molecular formula is C19H20F5NO3S. The summed E-state index contributed by atoms with van der Waals surface area (Å²) >= 11 is 0. The molecule has 0 saturated heterocycles. The number of ether oxygens (including phenoxy) is 1. The van der Waals surface area contributed by atoms with Crippen LogP contribution < -0.4 is 5.32 Å². The second-order valence-electron chi connectivity index (χ2n) is 6.40. The van der Waals surface area contributed by atoms with Crippen molar-refractivity contribution in [3.8, 4) is 11.1 Å². The van der Waals surface area contributed by atoms with Gasteiger partial charge in [0.2, 0.25) is 5.91 Å². The summed E-state index contributed by atoms with van der Waals surface area (Å²) in [6.07, 6.45) is 0.155. The van der Waals surface area contributed by atoms with Crippen molar-refractivity contribution in [1.82, 2.24) is 5.32 Å². The van der Waals surface area contributed by atoms with Crippen LogP contribution in [0.15, 0.2) is 53.4 Å². The topological polar surface area (TPSA) is 55.4 Å². The smallest absolute Gasteiger partial charge is 0.328 e. The summed E-state index contributed by atoms with van der Waals surface area (Å²) < 4.78 is 68.9. The number of hydrogen-bond donors (Lipinski definition) is 1. The van der Waals surface area contributed by atoms with E-state index in [-0.39, 0.29) is 13.0 Å². The van der Waals surface area contributed by atoms with Gasteiger partial charge >= 0.3 is 16.2 Å². The summed E-state index contributed by atoms with van der Waals surface area (Å²) in [6.45, 7) is 3.06. The highest BCUT2D eigenvalue weighted by Gasteiger charge is 2.65. The van der Waals surface area contributed by atoms with Gasteiger partial charge in [0.25, 0.3) is 0 Å². The molecule has 4 nitrogen and oxygen atoms in total. The average Bonchev–Trinajstić information content (AvgIpc) is 2.60. The van der Waals surface area contributed by atoms with Crippen LogP contribution in [0.3, 0.4) is 0 Å². The van der Waals surface area contributed by atoms with Gasteiger partial charge in [-0.2, -0.15) is 0 Å². The lowest BCUT2D eigenvalue weighted by atomic mass is 10.0. The highest BCUT2D eigenvalue weighted by molar-refractivity contribution is 8.45. The van der Waals surface area contributed by atoms with E-state index in [9.17, 15) is 29.0 Å². The van der Waals surface area contributed by atoms with Crippen LogP contribution in [0, 0.1) is 0 Å². The Kier molecular flexibility index (Phi) is 5.73. The van der Waals surface area contributed by atoms with Crippen molar-refractivity contribution in [3.63, 3.8) is 0 Å². The Hall–Kier alpha value is -2.62. The number of nitrogens with one attached hydrogen (secondary N) is 1. The molecule has 0 saturated carbocycles. The first-order valence-electron chi connectivity index (χ1n) is 8.57. The van der Waals surface area contributed by atoms with Crippen molar-refractivity contribution in [2.75, 3.05) is 6.61 Å². The maximum absolute atomic E-state index is 12.8. The third-order valence-corrected chi connectivity index (χ3v) is 5.14. The molecule has 0 bridgehead atoms. The van der Waals surface area contributed by atoms with Crippen LogP contribution in [-0.2, 0) is 20.7 Å². The molecule has 0 radical (unpaired) electrons. The SMILES string of the molecule is CCOC(=O)C(Cc1ccc(-c2ccc(S(F)(F)(F)(F)F)cc2)cc1)NC(C)=O. The summed E-state index contributed by atoms with van der Waals surface area (Å²) in [6, 6.07) is 8.21. The maximum Gasteiger partial charge on any atom is 0.328 e. The minimum absolute atomic E-state index is 0.155. The second kappa shape index (κ2) is 7.33. The molecule has 2 aromatic carbocycles. The van der Waals surface area contributed by atoms with Crippen LogP contribution in [0.4, 0.5) is 19.4 Å². The van der Waals surface area contributed by atoms with E-state index in [0.717, 1.165) is 12.1 Å². The Balaban J connectivity index is 2.19. The van der Waals surface area contributed by atoms with Gasteiger partial charge in [0.15, 0.2) is 0 Å². The van der Waals surface area contributed by atoms with Crippen LogP contribution in [-0.4, -0.2) is 24.5 Å². The minimum atomic E-state index is -9.70. The number of halogens is 5. The van der Waals surface area contributed by atoms with E-state index >= 15 is 0 Å². The number of benzene rings is 2. The predicted octanol–water partition coefficient (Wildman–Crippen LogP) is 5.62. The van der Waals surface area contributed by atoms with Gasteiger partial charge in [-0.05, 0) is 35.7 Å². The van der Waals surface area contributed by atoms with Crippen molar-refractivity contribution in [2.45, 2.75) is 31.2 Å². The fraction of sp³-hybridized carbons (Fsp3) is 0.263. The third-order valence-electron chi connectivity index (χ3n) is 3.98. The first-order valence-corrected chi connectivity index (χ1v) is 10.5. The Morgan fingerprint density at radius 1 is 0.931 bits per heavy atom. The molecule has 2 aromatic rings. The lowest BCUT2D eigenvalue weighted by Gasteiger charge is -2.40. The van der Waals surface area contributed by atoms with Crippen LogP contribution in [0.25, 0.3) is 11.1 Å². The molecule has 2 rings (SSSR count). The van der Waals surface area contributed by atoms with Gasteiger partial charge in [-0.25, -0.2) is 4.79 Å². The number of hydrogen-bond acceptors (Lipinski definition) is 3. The van der Waals surface area contributed by atoms with Gasteiger partial charge in [-0.1, -0.05) is 55.8 Å². The van der Waals surface area contributed by atoms with Gasteiger partial charge in [0, 0.05) is 13.3 Å². The maximum atomic E-state index is 12.8. The summed E-state index contributed by atoms with van der Waals surface area (Å²) in [4.78, 5) is 21.3. The molecule has 1 N–H and O–H groups in total. The Morgan fingerprint density at radius 2 is 1.41 bits per heavy atom. The van der Waals surface area contributed by atoms with E-state index in [1.54, 1.807) is 31.2 Å². The van der Waals surface area contributed by atoms with Gasteiger partial charge < -0.3 is 10.1 Å². The molecule has 0 spiro atoms. The van der Waals surface area contributed by atoms with E-state index < -0.39 is 33.0 Å². The Bertz CT molecular complexity index is 897. The van der Waals surface area contributed by atoms with Crippen LogP contribution in [0.5, 0.6) is 0 Å².